The molecule has 1 aromatic carbocycles. The Hall–Kier alpha value is -1.35. The first-order valence-corrected chi connectivity index (χ1v) is 7.28. The predicted molar refractivity (Wildman–Crippen MR) is 78.8 cm³/mol. The first kappa shape index (κ1) is 11.7. The molecule has 2 heterocycles. The van der Waals surface area contributed by atoms with Crippen molar-refractivity contribution < 1.29 is 0 Å². The largest absolute Gasteiger partial charge is 0.326 e. The van der Waals surface area contributed by atoms with Crippen molar-refractivity contribution >= 4 is 27.4 Å². The standard InChI is InChI=1S/C15H15BrN2/c1-11-8-12(9-16)10-17-15(11)18-7-6-13-4-2-3-5-14(13)18/h2-5,8,10H,6-7,9H2,1H3. The van der Waals surface area contributed by atoms with Gasteiger partial charge in [-0.05, 0) is 36.1 Å². The minimum Gasteiger partial charge on any atom is -0.326 e. The number of alkyl halides is 1. The molecule has 0 fully saturated rings. The van der Waals surface area contributed by atoms with Gasteiger partial charge in [0.05, 0.1) is 0 Å². The number of nitrogens with zero attached hydrogens (tertiary/aromatic N) is 2. The van der Waals surface area contributed by atoms with Gasteiger partial charge in [-0.3, -0.25) is 0 Å². The number of benzene rings is 1. The van der Waals surface area contributed by atoms with Gasteiger partial charge in [-0.25, -0.2) is 4.98 Å². The summed E-state index contributed by atoms with van der Waals surface area (Å²) in [6.07, 6.45) is 3.06. The van der Waals surface area contributed by atoms with Crippen molar-refractivity contribution in [1.82, 2.24) is 4.98 Å². The smallest absolute Gasteiger partial charge is 0.135 e. The first-order chi connectivity index (χ1) is 8.79. The van der Waals surface area contributed by atoms with E-state index in [1.54, 1.807) is 0 Å². The van der Waals surface area contributed by atoms with Gasteiger partial charge in [-0.1, -0.05) is 40.2 Å². The third-order valence-corrected chi connectivity index (χ3v) is 4.05. The van der Waals surface area contributed by atoms with E-state index in [1.807, 2.05) is 6.20 Å². The number of aryl methyl sites for hydroxylation is 1. The Morgan fingerprint density at radius 2 is 2.17 bits per heavy atom. The van der Waals surface area contributed by atoms with Crippen LogP contribution in [-0.4, -0.2) is 11.5 Å². The fourth-order valence-electron chi connectivity index (χ4n) is 2.54. The van der Waals surface area contributed by atoms with Crippen molar-refractivity contribution in [3.05, 3.63) is 53.2 Å². The van der Waals surface area contributed by atoms with Gasteiger partial charge in [0, 0.05) is 23.8 Å². The average Bonchev–Trinajstić information content (AvgIpc) is 2.82. The van der Waals surface area contributed by atoms with Gasteiger partial charge < -0.3 is 4.90 Å². The fourth-order valence-corrected chi connectivity index (χ4v) is 2.85. The summed E-state index contributed by atoms with van der Waals surface area (Å²) in [5.41, 5.74) is 5.19. The molecule has 0 saturated heterocycles. The molecule has 0 N–H and O–H groups in total. The zero-order valence-electron chi connectivity index (χ0n) is 10.4. The second-order valence-electron chi connectivity index (χ2n) is 4.65. The summed E-state index contributed by atoms with van der Waals surface area (Å²) in [5, 5.41) is 0.859. The SMILES string of the molecule is Cc1cc(CBr)cnc1N1CCc2ccccc21. The van der Waals surface area contributed by atoms with Crippen LogP contribution in [-0.2, 0) is 11.8 Å². The normalized spacial score (nSPS) is 13.8. The maximum Gasteiger partial charge on any atom is 0.135 e. The molecule has 3 heteroatoms. The van der Waals surface area contributed by atoms with Crippen molar-refractivity contribution in [1.29, 1.82) is 0 Å². The van der Waals surface area contributed by atoms with Crippen LogP contribution in [0.25, 0.3) is 0 Å². The summed E-state index contributed by atoms with van der Waals surface area (Å²) < 4.78 is 0. The molecule has 0 unspecified atom stereocenters. The summed E-state index contributed by atoms with van der Waals surface area (Å²) in [7, 11) is 0. The van der Waals surface area contributed by atoms with Gasteiger partial charge in [0.25, 0.3) is 0 Å². The topological polar surface area (TPSA) is 16.1 Å². The number of anilines is 2. The Bertz CT molecular complexity index is 580. The van der Waals surface area contributed by atoms with Gasteiger partial charge in [0.1, 0.15) is 5.82 Å². The number of aromatic nitrogens is 1. The van der Waals surface area contributed by atoms with Crippen LogP contribution in [0.2, 0.25) is 0 Å². The molecule has 0 bridgehead atoms. The van der Waals surface area contributed by atoms with E-state index in [4.69, 9.17) is 0 Å². The highest BCUT2D eigenvalue weighted by molar-refractivity contribution is 9.08. The molecule has 18 heavy (non-hydrogen) atoms. The molecule has 92 valence electrons. The lowest BCUT2D eigenvalue weighted by Crippen LogP contribution is -2.16. The zero-order valence-corrected chi connectivity index (χ0v) is 11.9. The minimum absolute atomic E-state index is 0.859. The number of pyridine rings is 1. The lowest BCUT2D eigenvalue weighted by molar-refractivity contribution is 0.963. The maximum absolute atomic E-state index is 4.63. The summed E-state index contributed by atoms with van der Waals surface area (Å²) in [6, 6.07) is 10.8. The van der Waals surface area contributed by atoms with Crippen LogP contribution in [0.4, 0.5) is 11.5 Å². The minimum atomic E-state index is 0.859. The second kappa shape index (κ2) is 4.73. The summed E-state index contributed by atoms with van der Waals surface area (Å²) in [5.74, 6) is 1.09. The molecular formula is C15H15BrN2. The molecule has 0 saturated carbocycles. The van der Waals surface area contributed by atoms with Crippen molar-refractivity contribution in [3.63, 3.8) is 0 Å². The van der Waals surface area contributed by atoms with E-state index in [1.165, 1.54) is 22.4 Å². The molecule has 0 amide bonds. The van der Waals surface area contributed by atoms with Crippen LogP contribution < -0.4 is 4.90 Å². The highest BCUT2D eigenvalue weighted by Crippen LogP contribution is 2.34. The molecule has 0 aliphatic carbocycles. The third-order valence-electron chi connectivity index (χ3n) is 3.40. The number of hydrogen-bond acceptors (Lipinski definition) is 2. The second-order valence-corrected chi connectivity index (χ2v) is 5.21. The Labute approximate surface area is 116 Å². The number of rotatable bonds is 2. The van der Waals surface area contributed by atoms with Crippen molar-refractivity contribution in [3.8, 4) is 0 Å². The van der Waals surface area contributed by atoms with E-state index in [9.17, 15) is 0 Å². The molecular weight excluding hydrogens is 288 g/mol. The quantitative estimate of drug-likeness (QED) is 0.780. The molecule has 3 rings (SSSR count). The van der Waals surface area contributed by atoms with Gasteiger partial charge in [0.15, 0.2) is 0 Å². The average molecular weight is 303 g/mol. The van der Waals surface area contributed by atoms with Crippen LogP contribution in [0, 0.1) is 6.92 Å². The van der Waals surface area contributed by atoms with Gasteiger partial charge in [-0.2, -0.15) is 0 Å². The van der Waals surface area contributed by atoms with E-state index in [2.05, 4.69) is 63.1 Å². The molecule has 2 aromatic rings. The van der Waals surface area contributed by atoms with E-state index < -0.39 is 0 Å². The van der Waals surface area contributed by atoms with Crippen LogP contribution in [0.3, 0.4) is 0 Å². The summed E-state index contributed by atoms with van der Waals surface area (Å²) >= 11 is 3.47. The van der Waals surface area contributed by atoms with Gasteiger partial charge in [-0.15, -0.1) is 0 Å². The third kappa shape index (κ3) is 1.93. The summed E-state index contributed by atoms with van der Waals surface area (Å²) in [4.78, 5) is 6.95. The van der Waals surface area contributed by atoms with E-state index in [0.717, 1.165) is 24.1 Å². The molecule has 2 nitrogen and oxygen atoms in total. The molecule has 1 aliphatic rings. The van der Waals surface area contributed by atoms with Crippen molar-refractivity contribution in [2.45, 2.75) is 18.7 Å². The van der Waals surface area contributed by atoms with Crippen LogP contribution in [0.1, 0.15) is 16.7 Å². The lowest BCUT2D eigenvalue weighted by Gasteiger charge is -2.20. The Morgan fingerprint density at radius 1 is 1.33 bits per heavy atom. The highest BCUT2D eigenvalue weighted by Gasteiger charge is 2.21. The van der Waals surface area contributed by atoms with Gasteiger partial charge in [0.2, 0.25) is 0 Å². The Kier molecular flexibility index (Phi) is 3.08. The number of fused-ring (bicyclic) bond motifs is 1. The van der Waals surface area contributed by atoms with E-state index in [0.29, 0.717) is 0 Å². The fraction of sp³-hybridized carbons (Fsp3) is 0.267. The molecule has 0 radical (unpaired) electrons. The number of para-hydroxylation sites is 1. The Balaban J connectivity index is 2.02. The highest BCUT2D eigenvalue weighted by atomic mass is 79.9. The molecule has 1 aromatic heterocycles. The van der Waals surface area contributed by atoms with Crippen molar-refractivity contribution in [2.75, 3.05) is 11.4 Å². The molecule has 0 atom stereocenters. The number of halogens is 1. The van der Waals surface area contributed by atoms with Gasteiger partial charge >= 0.3 is 0 Å². The zero-order chi connectivity index (χ0) is 12.5. The maximum atomic E-state index is 4.63. The molecule has 0 spiro atoms. The van der Waals surface area contributed by atoms with Crippen LogP contribution >= 0.6 is 15.9 Å². The molecule has 1 aliphatic heterocycles. The lowest BCUT2D eigenvalue weighted by atomic mass is 10.2. The van der Waals surface area contributed by atoms with E-state index >= 15 is 0 Å². The predicted octanol–water partition coefficient (Wildman–Crippen LogP) is 3.98. The number of hydrogen-bond donors (Lipinski definition) is 0. The monoisotopic (exact) mass is 302 g/mol. The van der Waals surface area contributed by atoms with Crippen molar-refractivity contribution in [2.24, 2.45) is 0 Å². The first-order valence-electron chi connectivity index (χ1n) is 6.16. The Morgan fingerprint density at radius 3 is 2.94 bits per heavy atom. The summed E-state index contributed by atoms with van der Waals surface area (Å²) in [6.45, 7) is 3.16. The van der Waals surface area contributed by atoms with Crippen LogP contribution in [0.15, 0.2) is 36.5 Å². The van der Waals surface area contributed by atoms with E-state index in [-0.39, 0.29) is 0 Å². The van der Waals surface area contributed by atoms with Crippen LogP contribution in [0.5, 0.6) is 0 Å².